The number of nitrogens with zero attached hydrogens (tertiary/aromatic N) is 3. The maximum atomic E-state index is 14.3. The molecule has 1 unspecified atom stereocenters. The molecule has 4 heterocycles. The number of carbonyl (C=O) groups excluding carboxylic acids is 3. The van der Waals surface area contributed by atoms with Gasteiger partial charge in [-0.05, 0) is 57.0 Å². The predicted molar refractivity (Wildman–Crippen MR) is 142 cm³/mol. The average Bonchev–Trinajstić information content (AvgIpc) is 3.46. The standard InChI is InChI=1S/C28H23N3O6S/c1-6-36-25(34)23-15(4)29-27(38-23)31-24(33)22-20(21(32)16-11-13(2)14(3)12-19(16)37-22)28(31)17-9-7-8-10-18(17)30(5)26(28)35/h7-12H,6H2,1-5H3. The van der Waals surface area contributed by atoms with Crippen LogP contribution in [0, 0.1) is 20.8 Å². The summed E-state index contributed by atoms with van der Waals surface area (Å²) in [6, 6.07) is 10.5. The highest BCUT2D eigenvalue weighted by molar-refractivity contribution is 7.17. The van der Waals surface area contributed by atoms with Gasteiger partial charge in [-0.3, -0.25) is 19.3 Å². The molecule has 6 rings (SSSR count). The molecule has 9 nitrogen and oxygen atoms in total. The van der Waals surface area contributed by atoms with Crippen LogP contribution in [0.25, 0.3) is 11.0 Å². The number of anilines is 2. The van der Waals surface area contributed by atoms with Gasteiger partial charge in [-0.25, -0.2) is 9.78 Å². The number of aryl methyl sites for hydroxylation is 3. The van der Waals surface area contributed by atoms with E-state index in [9.17, 15) is 19.2 Å². The average molecular weight is 530 g/mol. The molecule has 2 aromatic carbocycles. The van der Waals surface area contributed by atoms with Gasteiger partial charge < -0.3 is 14.1 Å². The van der Waals surface area contributed by atoms with E-state index in [1.807, 2.05) is 13.8 Å². The van der Waals surface area contributed by atoms with E-state index in [4.69, 9.17) is 9.15 Å². The second-order valence-electron chi connectivity index (χ2n) is 9.43. The van der Waals surface area contributed by atoms with Crippen molar-refractivity contribution in [3.63, 3.8) is 0 Å². The van der Waals surface area contributed by atoms with Crippen LogP contribution in [0.5, 0.6) is 0 Å². The molecule has 0 saturated heterocycles. The molecule has 2 aliphatic rings. The van der Waals surface area contributed by atoms with Crippen molar-refractivity contribution in [3.05, 3.63) is 85.2 Å². The molecule has 2 amide bonds. The molecule has 0 aliphatic carbocycles. The van der Waals surface area contributed by atoms with Crippen molar-refractivity contribution in [2.75, 3.05) is 23.5 Å². The molecule has 192 valence electrons. The Morgan fingerprint density at radius 2 is 1.82 bits per heavy atom. The summed E-state index contributed by atoms with van der Waals surface area (Å²) in [6.45, 7) is 7.27. The van der Waals surface area contributed by atoms with E-state index in [0.29, 0.717) is 16.9 Å². The van der Waals surface area contributed by atoms with Crippen molar-refractivity contribution < 1.29 is 23.5 Å². The van der Waals surface area contributed by atoms with Gasteiger partial charge in [-0.15, -0.1) is 0 Å². The van der Waals surface area contributed by atoms with Crippen LogP contribution in [0.4, 0.5) is 10.8 Å². The summed E-state index contributed by atoms with van der Waals surface area (Å²) >= 11 is 0.938. The SMILES string of the molecule is CCOC(=O)c1sc(N2C(=O)c3oc4cc(C)c(C)cc4c(=O)c3C23C(=O)N(C)c2ccccc23)nc1C. The van der Waals surface area contributed by atoms with Crippen LogP contribution in [-0.4, -0.2) is 36.4 Å². The third-order valence-corrected chi connectivity index (χ3v) is 8.43. The monoisotopic (exact) mass is 529 g/mol. The Labute approximate surface area is 221 Å². The van der Waals surface area contributed by atoms with Crippen LogP contribution < -0.4 is 15.2 Å². The molecule has 2 aliphatic heterocycles. The van der Waals surface area contributed by atoms with Crippen LogP contribution in [0.3, 0.4) is 0 Å². The molecule has 10 heteroatoms. The summed E-state index contributed by atoms with van der Waals surface area (Å²) in [6.07, 6.45) is 0. The van der Waals surface area contributed by atoms with Crippen molar-refractivity contribution in [1.82, 2.24) is 4.98 Å². The van der Waals surface area contributed by atoms with E-state index >= 15 is 0 Å². The van der Waals surface area contributed by atoms with Crippen molar-refractivity contribution in [2.45, 2.75) is 33.2 Å². The Balaban J connectivity index is 1.73. The quantitative estimate of drug-likeness (QED) is 0.365. The Bertz CT molecular complexity index is 1790. The molecule has 2 aromatic heterocycles. The van der Waals surface area contributed by atoms with Crippen LogP contribution in [0.2, 0.25) is 0 Å². The zero-order valence-electron chi connectivity index (χ0n) is 21.4. The fourth-order valence-electron chi connectivity index (χ4n) is 5.39. The van der Waals surface area contributed by atoms with Gasteiger partial charge in [0.25, 0.3) is 11.8 Å². The summed E-state index contributed by atoms with van der Waals surface area (Å²) in [7, 11) is 1.60. The molecular weight excluding hydrogens is 506 g/mol. The zero-order chi connectivity index (χ0) is 27.1. The van der Waals surface area contributed by atoms with Crippen molar-refractivity contribution >= 4 is 50.9 Å². The second-order valence-corrected chi connectivity index (χ2v) is 10.4. The number of aromatic nitrogens is 1. The van der Waals surface area contributed by atoms with Crippen molar-refractivity contribution in [3.8, 4) is 0 Å². The minimum atomic E-state index is -1.85. The van der Waals surface area contributed by atoms with Gasteiger partial charge >= 0.3 is 5.97 Å². The third-order valence-electron chi connectivity index (χ3n) is 7.31. The number of benzene rings is 2. The summed E-state index contributed by atoms with van der Waals surface area (Å²) in [5.41, 5.74) is 1.05. The summed E-state index contributed by atoms with van der Waals surface area (Å²) in [5, 5.41) is 0.375. The third kappa shape index (κ3) is 2.89. The number of rotatable bonds is 3. The van der Waals surface area contributed by atoms with Crippen LogP contribution >= 0.6 is 11.3 Å². The molecule has 4 aromatic rings. The largest absolute Gasteiger partial charge is 0.462 e. The normalized spacial score (nSPS) is 18.0. The molecule has 1 atom stereocenters. The zero-order valence-corrected chi connectivity index (χ0v) is 22.2. The molecule has 0 N–H and O–H groups in total. The van der Waals surface area contributed by atoms with E-state index in [-0.39, 0.29) is 38.9 Å². The second kappa shape index (κ2) is 8.09. The number of thiazole rings is 1. The molecule has 1 spiro atoms. The van der Waals surface area contributed by atoms with E-state index in [0.717, 1.165) is 22.5 Å². The fourth-order valence-corrected chi connectivity index (χ4v) is 6.40. The number of amides is 2. The number of carbonyl (C=O) groups is 3. The summed E-state index contributed by atoms with van der Waals surface area (Å²) < 4.78 is 11.3. The molecule has 0 saturated carbocycles. The van der Waals surface area contributed by atoms with Crippen LogP contribution in [-0.2, 0) is 15.1 Å². The highest BCUT2D eigenvalue weighted by Gasteiger charge is 2.66. The lowest BCUT2D eigenvalue weighted by Crippen LogP contribution is -2.53. The first-order valence-corrected chi connectivity index (χ1v) is 12.9. The summed E-state index contributed by atoms with van der Waals surface area (Å²) in [4.78, 5) is 62.6. The van der Waals surface area contributed by atoms with Gasteiger partial charge in [-0.1, -0.05) is 29.5 Å². The Morgan fingerprint density at radius 3 is 2.55 bits per heavy atom. The number of ether oxygens (including phenoxy) is 1. The summed E-state index contributed by atoms with van der Waals surface area (Å²) in [5.74, 6) is -1.96. The van der Waals surface area contributed by atoms with E-state index < -0.39 is 28.8 Å². The first-order chi connectivity index (χ1) is 18.1. The number of hydrogen-bond donors (Lipinski definition) is 0. The predicted octanol–water partition coefficient (Wildman–Crippen LogP) is 4.23. The number of esters is 1. The lowest BCUT2D eigenvalue weighted by molar-refractivity contribution is -0.121. The van der Waals surface area contributed by atoms with E-state index in [1.165, 1.54) is 9.80 Å². The Morgan fingerprint density at radius 1 is 1.11 bits per heavy atom. The van der Waals surface area contributed by atoms with Gasteiger partial charge in [0.1, 0.15) is 10.5 Å². The number of para-hydroxylation sites is 1. The van der Waals surface area contributed by atoms with Gasteiger partial charge in [0.2, 0.25) is 5.76 Å². The highest BCUT2D eigenvalue weighted by atomic mass is 32.1. The lowest BCUT2D eigenvalue weighted by Gasteiger charge is -2.31. The van der Waals surface area contributed by atoms with E-state index in [2.05, 4.69) is 4.98 Å². The van der Waals surface area contributed by atoms with E-state index in [1.54, 1.807) is 57.3 Å². The minimum Gasteiger partial charge on any atom is -0.462 e. The molecule has 0 fully saturated rings. The van der Waals surface area contributed by atoms with Crippen LogP contribution in [0.1, 0.15) is 55.1 Å². The van der Waals surface area contributed by atoms with Crippen molar-refractivity contribution in [1.29, 1.82) is 0 Å². The number of likely N-dealkylation sites (N-methyl/N-ethyl adjacent to an activating group) is 1. The Hall–Kier alpha value is -4.31. The first kappa shape index (κ1) is 24.1. The van der Waals surface area contributed by atoms with Gasteiger partial charge in [-0.2, -0.15) is 0 Å². The first-order valence-electron chi connectivity index (χ1n) is 12.1. The lowest BCUT2D eigenvalue weighted by atomic mass is 9.84. The smallest absolute Gasteiger partial charge is 0.350 e. The number of fused-ring (bicyclic) bond motifs is 5. The van der Waals surface area contributed by atoms with Gasteiger partial charge in [0.05, 0.1) is 23.3 Å². The molecule has 0 bridgehead atoms. The van der Waals surface area contributed by atoms with Crippen molar-refractivity contribution in [2.24, 2.45) is 0 Å². The minimum absolute atomic E-state index is 0.0504. The highest BCUT2D eigenvalue weighted by Crippen LogP contribution is 2.54. The maximum Gasteiger partial charge on any atom is 0.350 e. The fraction of sp³-hybridized carbons (Fsp3) is 0.250. The molecular formula is C28H23N3O6S. The van der Waals surface area contributed by atoms with Gasteiger partial charge in [0.15, 0.2) is 16.1 Å². The molecule has 38 heavy (non-hydrogen) atoms. The topological polar surface area (TPSA) is 110 Å². The maximum absolute atomic E-state index is 14.3. The van der Waals surface area contributed by atoms with Gasteiger partial charge in [0, 0.05) is 18.3 Å². The Kier molecular flexibility index (Phi) is 5.12. The molecule has 0 radical (unpaired) electrons. The number of hydrogen-bond acceptors (Lipinski definition) is 8. The van der Waals surface area contributed by atoms with Crippen LogP contribution in [0.15, 0.2) is 45.6 Å².